The Hall–Kier alpha value is -1.59. The summed E-state index contributed by atoms with van der Waals surface area (Å²) in [5, 5.41) is 7.05. The van der Waals surface area contributed by atoms with E-state index in [1.165, 1.54) is 6.42 Å². The summed E-state index contributed by atoms with van der Waals surface area (Å²) in [6.45, 7) is 2.62. The zero-order valence-electron chi connectivity index (χ0n) is 12.1. The van der Waals surface area contributed by atoms with Crippen LogP contribution >= 0.6 is 0 Å². The second kappa shape index (κ2) is 5.42. The number of aryl methyl sites for hydroxylation is 1. The lowest BCUT2D eigenvalue weighted by atomic mass is 9.99. The predicted octanol–water partition coefficient (Wildman–Crippen LogP) is 1.75. The Morgan fingerprint density at radius 3 is 3.00 bits per heavy atom. The molecule has 0 aliphatic carbocycles. The van der Waals surface area contributed by atoms with Gasteiger partial charge in [0, 0.05) is 20.7 Å². The highest BCUT2D eigenvalue weighted by atomic mass is 16.5. The summed E-state index contributed by atoms with van der Waals surface area (Å²) in [7, 11) is 3.81. The number of hydrogen-bond acceptors (Lipinski definition) is 4. The molecule has 0 radical (unpaired) electrons. The van der Waals surface area contributed by atoms with E-state index >= 15 is 0 Å². The molecule has 2 heterocycles. The molecule has 0 bridgehead atoms. The van der Waals surface area contributed by atoms with Crippen molar-refractivity contribution in [3.8, 4) is 0 Å². The van der Waals surface area contributed by atoms with Gasteiger partial charge in [0.05, 0.1) is 23.2 Å². The molecule has 1 saturated heterocycles. The Morgan fingerprint density at radius 2 is 2.30 bits per heavy atom. The highest BCUT2D eigenvalue weighted by Crippen LogP contribution is 2.22. The number of nitrogens with one attached hydrogen (secondary N) is 2. The second-order valence-corrected chi connectivity index (χ2v) is 5.58. The first kappa shape index (κ1) is 13.4. The van der Waals surface area contributed by atoms with Crippen LogP contribution in [0.25, 0.3) is 11.0 Å². The van der Waals surface area contributed by atoms with Crippen molar-refractivity contribution in [1.29, 1.82) is 0 Å². The van der Waals surface area contributed by atoms with Gasteiger partial charge < -0.3 is 19.9 Å². The lowest BCUT2D eigenvalue weighted by molar-refractivity contribution is 0.127. The maximum atomic E-state index is 5.38. The first-order valence-electron chi connectivity index (χ1n) is 7.13. The van der Waals surface area contributed by atoms with Crippen LogP contribution in [0.5, 0.6) is 0 Å². The summed E-state index contributed by atoms with van der Waals surface area (Å²) in [6.07, 6.45) is 2.34. The van der Waals surface area contributed by atoms with Crippen molar-refractivity contribution in [2.75, 3.05) is 32.1 Å². The molecule has 3 rings (SSSR count). The molecule has 0 saturated carbocycles. The molecular weight excluding hydrogens is 252 g/mol. The lowest BCUT2D eigenvalue weighted by Gasteiger charge is -2.29. The molecule has 1 aliphatic rings. The van der Waals surface area contributed by atoms with Gasteiger partial charge in [-0.1, -0.05) is 12.1 Å². The van der Waals surface area contributed by atoms with Gasteiger partial charge in [-0.25, -0.2) is 4.98 Å². The van der Waals surface area contributed by atoms with Crippen LogP contribution in [0.2, 0.25) is 0 Å². The normalized spacial score (nSPS) is 22.5. The first-order chi connectivity index (χ1) is 9.74. The van der Waals surface area contributed by atoms with Gasteiger partial charge in [-0.05, 0) is 31.5 Å². The number of nitrogens with zero attached hydrogens (tertiary/aromatic N) is 2. The number of rotatable bonds is 5. The fraction of sp³-hybridized carbons (Fsp3) is 0.533. The smallest absolute Gasteiger partial charge is 0.203 e. The molecule has 1 fully saturated rings. The zero-order valence-corrected chi connectivity index (χ0v) is 12.1. The van der Waals surface area contributed by atoms with Crippen LogP contribution < -0.4 is 10.6 Å². The van der Waals surface area contributed by atoms with E-state index in [4.69, 9.17) is 4.74 Å². The number of imidazole rings is 1. The number of fused-ring (bicyclic) bond motifs is 1. The molecule has 2 aromatic rings. The number of methoxy groups -OCH3 is 1. The standard InChI is InChI=1S/C15H22N4O/c1-19-13-7-4-3-6-12(13)18-14(19)16-10-15(11-20-2)8-5-9-17-15/h3-4,6-7,17H,5,8-11H2,1-2H3,(H,16,18). The summed E-state index contributed by atoms with van der Waals surface area (Å²) in [4.78, 5) is 4.65. The molecule has 1 unspecified atom stereocenters. The van der Waals surface area contributed by atoms with Gasteiger partial charge in [-0.2, -0.15) is 0 Å². The van der Waals surface area contributed by atoms with Gasteiger partial charge in [0.1, 0.15) is 0 Å². The third-order valence-corrected chi connectivity index (χ3v) is 4.12. The number of ether oxygens (including phenoxy) is 1. The molecule has 1 aliphatic heterocycles. The third kappa shape index (κ3) is 2.39. The molecule has 1 atom stereocenters. The van der Waals surface area contributed by atoms with Crippen molar-refractivity contribution in [3.63, 3.8) is 0 Å². The molecule has 5 nitrogen and oxygen atoms in total. The average molecular weight is 274 g/mol. The van der Waals surface area contributed by atoms with Crippen LogP contribution in [0.3, 0.4) is 0 Å². The summed E-state index contributed by atoms with van der Waals surface area (Å²) in [5.74, 6) is 0.912. The number of hydrogen-bond donors (Lipinski definition) is 2. The van der Waals surface area contributed by atoms with Gasteiger partial charge in [-0.15, -0.1) is 0 Å². The minimum absolute atomic E-state index is 0.0346. The van der Waals surface area contributed by atoms with Gasteiger partial charge in [0.2, 0.25) is 5.95 Å². The van der Waals surface area contributed by atoms with Crippen molar-refractivity contribution >= 4 is 17.0 Å². The quantitative estimate of drug-likeness (QED) is 0.872. The van der Waals surface area contributed by atoms with Gasteiger partial charge in [0.25, 0.3) is 0 Å². The van der Waals surface area contributed by atoms with E-state index in [0.29, 0.717) is 0 Å². The summed E-state index contributed by atoms with van der Waals surface area (Å²) in [6, 6.07) is 8.19. The van der Waals surface area contributed by atoms with Crippen molar-refractivity contribution in [2.24, 2.45) is 7.05 Å². The molecule has 0 spiro atoms. The number of benzene rings is 1. The lowest BCUT2D eigenvalue weighted by Crippen LogP contribution is -2.49. The van der Waals surface area contributed by atoms with E-state index in [1.807, 2.05) is 25.2 Å². The Morgan fingerprint density at radius 1 is 1.45 bits per heavy atom. The van der Waals surface area contributed by atoms with E-state index in [-0.39, 0.29) is 5.54 Å². The maximum absolute atomic E-state index is 5.38. The van der Waals surface area contributed by atoms with Crippen LogP contribution in [-0.2, 0) is 11.8 Å². The predicted molar refractivity (Wildman–Crippen MR) is 81.0 cm³/mol. The number of para-hydroxylation sites is 2. The fourth-order valence-corrected chi connectivity index (χ4v) is 3.02. The fourth-order valence-electron chi connectivity index (χ4n) is 3.02. The van der Waals surface area contributed by atoms with Crippen LogP contribution in [0.15, 0.2) is 24.3 Å². The van der Waals surface area contributed by atoms with E-state index in [9.17, 15) is 0 Å². The second-order valence-electron chi connectivity index (χ2n) is 5.58. The summed E-state index contributed by atoms with van der Waals surface area (Å²) >= 11 is 0. The van der Waals surface area contributed by atoms with Crippen molar-refractivity contribution < 1.29 is 4.74 Å². The zero-order chi connectivity index (χ0) is 14.0. The van der Waals surface area contributed by atoms with Gasteiger partial charge in [0.15, 0.2) is 0 Å². The summed E-state index contributed by atoms with van der Waals surface area (Å²) < 4.78 is 7.48. The monoisotopic (exact) mass is 274 g/mol. The van der Waals surface area contributed by atoms with Gasteiger partial charge >= 0.3 is 0 Å². The molecule has 20 heavy (non-hydrogen) atoms. The molecule has 5 heteroatoms. The largest absolute Gasteiger partial charge is 0.383 e. The molecule has 0 amide bonds. The minimum atomic E-state index is 0.0346. The van der Waals surface area contributed by atoms with Crippen molar-refractivity contribution in [2.45, 2.75) is 18.4 Å². The van der Waals surface area contributed by atoms with E-state index in [1.54, 1.807) is 7.11 Å². The molecular formula is C15H22N4O. The van der Waals surface area contributed by atoms with Crippen LogP contribution in [0.4, 0.5) is 5.95 Å². The molecule has 2 N–H and O–H groups in total. The first-order valence-corrected chi connectivity index (χ1v) is 7.13. The van der Waals surface area contributed by atoms with Crippen molar-refractivity contribution in [3.05, 3.63) is 24.3 Å². The summed E-state index contributed by atoms with van der Waals surface area (Å²) in [5.41, 5.74) is 2.21. The topological polar surface area (TPSA) is 51.1 Å². The Kier molecular flexibility index (Phi) is 3.63. The number of anilines is 1. The Labute approximate surface area is 119 Å². The third-order valence-electron chi connectivity index (χ3n) is 4.12. The SMILES string of the molecule is COCC1(CNc2nc3ccccc3n2C)CCCN1. The van der Waals surface area contributed by atoms with E-state index in [2.05, 4.69) is 26.3 Å². The van der Waals surface area contributed by atoms with Crippen LogP contribution in [-0.4, -0.2) is 41.9 Å². The van der Waals surface area contributed by atoms with E-state index < -0.39 is 0 Å². The molecule has 1 aromatic heterocycles. The Balaban J connectivity index is 1.77. The maximum Gasteiger partial charge on any atom is 0.203 e. The Bertz CT molecular complexity index is 587. The average Bonchev–Trinajstić information content (AvgIpc) is 3.04. The minimum Gasteiger partial charge on any atom is -0.383 e. The highest BCUT2D eigenvalue weighted by molar-refractivity contribution is 5.78. The van der Waals surface area contributed by atoms with Crippen LogP contribution in [0, 0.1) is 0 Å². The van der Waals surface area contributed by atoms with E-state index in [0.717, 1.165) is 43.1 Å². The van der Waals surface area contributed by atoms with Gasteiger partial charge in [-0.3, -0.25) is 0 Å². The molecule has 1 aromatic carbocycles. The number of aromatic nitrogens is 2. The molecule has 108 valence electrons. The van der Waals surface area contributed by atoms with Crippen LogP contribution in [0.1, 0.15) is 12.8 Å². The van der Waals surface area contributed by atoms with Crippen molar-refractivity contribution in [1.82, 2.24) is 14.9 Å². The highest BCUT2D eigenvalue weighted by Gasteiger charge is 2.33.